The van der Waals surface area contributed by atoms with Gasteiger partial charge in [0, 0.05) is 19.2 Å². The second-order valence-corrected chi connectivity index (χ2v) is 5.31. The zero-order chi connectivity index (χ0) is 17.6. The highest BCUT2D eigenvalue weighted by molar-refractivity contribution is 5.89. The molecule has 2 aromatic carbocycles. The number of anilines is 1. The minimum Gasteiger partial charge on any atom is -0.337 e. The van der Waals surface area contributed by atoms with Crippen molar-refractivity contribution >= 4 is 11.7 Å². The Labute approximate surface area is 143 Å². The van der Waals surface area contributed by atoms with Crippen LogP contribution in [0.25, 0.3) is 5.69 Å². The predicted molar refractivity (Wildman–Crippen MR) is 90.6 cm³/mol. The van der Waals surface area contributed by atoms with Crippen molar-refractivity contribution in [2.45, 2.75) is 6.42 Å². The number of carbonyl (C=O) groups excluding carboxylic acids is 1. The van der Waals surface area contributed by atoms with Crippen molar-refractivity contribution in [1.82, 2.24) is 15.1 Å². The van der Waals surface area contributed by atoms with Crippen molar-refractivity contribution in [3.63, 3.8) is 0 Å². The molecule has 1 aromatic heterocycles. The highest BCUT2D eigenvalue weighted by atomic mass is 19.1. The van der Waals surface area contributed by atoms with Gasteiger partial charge >= 0.3 is 6.03 Å². The minimum absolute atomic E-state index is 0.285. The van der Waals surface area contributed by atoms with Gasteiger partial charge in [0.15, 0.2) is 0 Å². The number of rotatable bonds is 5. The van der Waals surface area contributed by atoms with Gasteiger partial charge in [0.05, 0.1) is 11.4 Å². The quantitative estimate of drug-likeness (QED) is 0.745. The summed E-state index contributed by atoms with van der Waals surface area (Å²) in [5.41, 5.74) is 1.27. The summed E-state index contributed by atoms with van der Waals surface area (Å²) < 4.78 is 28.7. The van der Waals surface area contributed by atoms with Crippen LogP contribution in [0.4, 0.5) is 19.3 Å². The summed E-state index contributed by atoms with van der Waals surface area (Å²) in [7, 11) is 0. The smallest absolute Gasteiger partial charge is 0.319 e. The Morgan fingerprint density at radius 1 is 1.00 bits per heavy atom. The first-order valence-corrected chi connectivity index (χ1v) is 7.72. The fourth-order valence-corrected chi connectivity index (χ4v) is 2.30. The molecule has 2 N–H and O–H groups in total. The number of nitrogens with one attached hydrogen (secondary N) is 2. The third-order valence-corrected chi connectivity index (χ3v) is 3.53. The Hall–Kier alpha value is -3.22. The van der Waals surface area contributed by atoms with Crippen LogP contribution in [0.5, 0.6) is 0 Å². The fourth-order valence-electron chi connectivity index (χ4n) is 2.30. The molecule has 1 heterocycles. The molecule has 3 rings (SSSR count). The fraction of sp³-hybridized carbons (Fsp3) is 0.111. The van der Waals surface area contributed by atoms with Gasteiger partial charge in [-0.15, -0.1) is 0 Å². The lowest BCUT2D eigenvalue weighted by molar-refractivity contribution is 0.252. The highest BCUT2D eigenvalue weighted by Crippen LogP contribution is 2.17. The van der Waals surface area contributed by atoms with Crippen molar-refractivity contribution < 1.29 is 13.6 Å². The van der Waals surface area contributed by atoms with Crippen LogP contribution >= 0.6 is 0 Å². The molecule has 128 valence electrons. The Morgan fingerprint density at radius 2 is 1.72 bits per heavy atom. The number of halogens is 2. The van der Waals surface area contributed by atoms with Gasteiger partial charge in [0.1, 0.15) is 17.3 Å². The van der Waals surface area contributed by atoms with Crippen molar-refractivity contribution in [1.29, 1.82) is 0 Å². The topological polar surface area (TPSA) is 59.0 Å². The van der Waals surface area contributed by atoms with Gasteiger partial charge in [-0.25, -0.2) is 18.3 Å². The maximum atomic E-state index is 13.5. The van der Waals surface area contributed by atoms with E-state index in [1.165, 1.54) is 6.07 Å². The predicted octanol–water partition coefficient (Wildman–Crippen LogP) is 3.51. The van der Waals surface area contributed by atoms with Gasteiger partial charge in [-0.2, -0.15) is 5.10 Å². The molecule has 0 fully saturated rings. The van der Waals surface area contributed by atoms with Crippen LogP contribution in [0.3, 0.4) is 0 Å². The van der Waals surface area contributed by atoms with Crippen molar-refractivity contribution in [3.05, 3.63) is 78.1 Å². The van der Waals surface area contributed by atoms with Gasteiger partial charge in [-0.1, -0.05) is 24.3 Å². The number of hydrogen-bond donors (Lipinski definition) is 2. The van der Waals surface area contributed by atoms with E-state index in [1.54, 1.807) is 4.68 Å². The Balaban J connectivity index is 1.51. The number of nitrogens with zero attached hydrogens (tertiary/aromatic N) is 2. The summed E-state index contributed by atoms with van der Waals surface area (Å²) in [5.74, 6) is -1.64. The summed E-state index contributed by atoms with van der Waals surface area (Å²) in [6.07, 6.45) is 2.33. The summed E-state index contributed by atoms with van der Waals surface area (Å²) in [6.45, 7) is 0.285. The van der Waals surface area contributed by atoms with Crippen LogP contribution in [-0.4, -0.2) is 22.4 Å². The standard InChI is InChI=1S/C18H16F2N4O/c19-15-7-4-8-16(20)17(15)22-18(25)21-11-9-13-10-12-24(23-13)14-5-2-1-3-6-14/h1-8,10,12H,9,11H2,(H2,21,22,25). The molecule has 0 saturated carbocycles. The number of para-hydroxylation sites is 2. The first-order valence-electron chi connectivity index (χ1n) is 7.72. The number of urea groups is 1. The highest BCUT2D eigenvalue weighted by Gasteiger charge is 2.11. The molecule has 25 heavy (non-hydrogen) atoms. The van der Waals surface area contributed by atoms with Crippen molar-refractivity contribution in [2.75, 3.05) is 11.9 Å². The maximum Gasteiger partial charge on any atom is 0.319 e. The molecule has 0 saturated heterocycles. The van der Waals surface area contributed by atoms with E-state index in [9.17, 15) is 13.6 Å². The number of carbonyl (C=O) groups is 1. The molecule has 0 spiro atoms. The molecule has 7 heteroatoms. The van der Waals surface area contributed by atoms with E-state index in [4.69, 9.17) is 0 Å². The molecule has 2 amide bonds. The lowest BCUT2D eigenvalue weighted by atomic mass is 10.3. The summed E-state index contributed by atoms with van der Waals surface area (Å²) in [6, 6.07) is 14.2. The number of benzene rings is 2. The molecule has 0 aliphatic rings. The molecule has 0 unspecified atom stereocenters. The van der Waals surface area contributed by atoms with Crippen molar-refractivity contribution in [2.24, 2.45) is 0 Å². The summed E-state index contributed by atoms with van der Waals surface area (Å²) in [4.78, 5) is 11.8. The third kappa shape index (κ3) is 4.20. The first-order chi connectivity index (χ1) is 12.1. The lowest BCUT2D eigenvalue weighted by Gasteiger charge is -2.08. The van der Waals surface area contributed by atoms with Gasteiger partial charge < -0.3 is 10.6 Å². The molecule has 0 aliphatic carbocycles. The van der Waals surface area contributed by atoms with Crippen LogP contribution in [0.1, 0.15) is 5.69 Å². The minimum atomic E-state index is -0.822. The van der Waals surface area contributed by atoms with Crippen LogP contribution in [0, 0.1) is 11.6 Å². The summed E-state index contributed by atoms with van der Waals surface area (Å²) in [5, 5.41) is 9.14. The zero-order valence-corrected chi connectivity index (χ0v) is 13.2. The largest absolute Gasteiger partial charge is 0.337 e. The van der Waals surface area contributed by atoms with E-state index in [0.29, 0.717) is 6.42 Å². The summed E-state index contributed by atoms with van der Waals surface area (Å²) >= 11 is 0. The Morgan fingerprint density at radius 3 is 2.44 bits per heavy atom. The average Bonchev–Trinajstić information content (AvgIpc) is 3.08. The molecule has 5 nitrogen and oxygen atoms in total. The molecule has 0 atom stereocenters. The zero-order valence-electron chi connectivity index (χ0n) is 13.2. The van der Waals surface area contributed by atoms with E-state index < -0.39 is 23.4 Å². The van der Waals surface area contributed by atoms with E-state index in [-0.39, 0.29) is 6.54 Å². The van der Waals surface area contributed by atoms with E-state index in [2.05, 4.69) is 15.7 Å². The molecule has 3 aromatic rings. The van der Waals surface area contributed by atoms with E-state index >= 15 is 0 Å². The van der Waals surface area contributed by atoms with Crippen LogP contribution in [-0.2, 0) is 6.42 Å². The molecule has 0 aliphatic heterocycles. The lowest BCUT2D eigenvalue weighted by Crippen LogP contribution is -2.31. The molecular formula is C18H16F2N4O. The van der Waals surface area contributed by atoms with E-state index in [1.807, 2.05) is 42.6 Å². The Bertz CT molecular complexity index is 844. The molecule has 0 bridgehead atoms. The molecular weight excluding hydrogens is 326 g/mol. The second kappa shape index (κ2) is 7.57. The number of hydrogen-bond acceptors (Lipinski definition) is 2. The van der Waals surface area contributed by atoms with Gasteiger partial charge in [0.2, 0.25) is 0 Å². The normalized spacial score (nSPS) is 10.5. The first kappa shape index (κ1) is 16.6. The van der Waals surface area contributed by atoms with Gasteiger partial charge in [-0.3, -0.25) is 0 Å². The van der Waals surface area contributed by atoms with Crippen LogP contribution < -0.4 is 10.6 Å². The van der Waals surface area contributed by atoms with Gasteiger partial charge in [-0.05, 0) is 30.3 Å². The van der Waals surface area contributed by atoms with Crippen LogP contribution in [0.15, 0.2) is 60.8 Å². The monoisotopic (exact) mass is 342 g/mol. The second-order valence-electron chi connectivity index (χ2n) is 5.31. The Kier molecular flexibility index (Phi) is 5.03. The average molecular weight is 342 g/mol. The number of aromatic nitrogens is 2. The SMILES string of the molecule is O=C(NCCc1ccn(-c2ccccc2)n1)Nc1c(F)cccc1F. The van der Waals surface area contributed by atoms with E-state index in [0.717, 1.165) is 23.5 Å². The number of amides is 2. The third-order valence-electron chi connectivity index (χ3n) is 3.53. The van der Waals surface area contributed by atoms with Gasteiger partial charge in [0.25, 0.3) is 0 Å². The van der Waals surface area contributed by atoms with Crippen molar-refractivity contribution in [3.8, 4) is 5.69 Å². The maximum absolute atomic E-state index is 13.5. The van der Waals surface area contributed by atoms with Crippen LogP contribution in [0.2, 0.25) is 0 Å². The molecule has 0 radical (unpaired) electrons.